The summed E-state index contributed by atoms with van der Waals surface area (Å²) >= 11 is 0. The number of hydrogen-bond donors (Lipinski definition) is 1. The fourth-order valence-electron chi connectivity index (χ4n) is 2.57. The molecule has 2 N–H and O–H groups in total. The average Bonchev–Trinajstić information content (AvgIpc) is 2.94. The molecule has 0 bridgehead atoms. The van der Waals surface area contributed by atoms with Crippen LogP contribution in [0.5, 0.6) is 5.75 Å². The minimum absolute atomic E-state index is 0.136. The Morgan fingerprint density at radius 2 is 2.24 bits per heavy atom. The molecule has 0 saturated carbocycles. The van der Waals surface area contributed by atoms with Gasteiger partial charge in [0, 0.05) is 24.7 Å². The van der Waals surface area contributed by atoms with Crippen molar-refractivity contribution in [2.45, 2.75) is 18.4 Å². The first kappa shape index (κ1) is 10.6. The smallest absolute Gasteiger partial charge is 0.233 e. The Balaban J connectivity index is 1.80. The highest BCUT2D eigenvalue weighted by Crippen LogP contribution is 2.35. The van der Waals surface area contributed by atoms with E-state index in [2.05, 4.69) is 0 Å². The maximum absolute atomic E-state index is 12.3. The summed E-state index contributed by atoms with van der Waals surface area (Å²) < 4.78 is 5.54. The minimum Gasteiger partial charge on any atom is -0.492 e. The first-order valence-electron chi connectivity index (χ1n) is 6.02. The summed E-state index contributed by atoms with van der Waals surface area (Å²) in [4.78, 5) is 14.2. The van der Waals surface area contributed by atoms with Gasteiger partial charge in [0.2, 0.25) is 5.91 Å². The van der Waals surface area contributed by atoms with E-state index in [0.717, 1.165) is 24.3 Å². The number of benzene rings is 1. The normalized spacial score (nSPS) is 26.8. The molecule has 17 heavy (non-hydrogen) atoms. The number of carbonyl (C=O) groups excluding carboxylic acids is 1. The van der Waals surface area contributed by atoms with Crippen LogP contribution in [0.3, 0.4) is 0 Å². The fourth-order valence-corrected chi connectivity index (χ4v) is 2.57. The molecule has 0 unspecified atom stereocenters. The number of carbonyl (C=O) groups is 1. The summed E-state index contributed by atoms with van der Waals surface area (Å²) in [6.45, 7) is 1.92. The van der Waals surface area contributed by atoms with E-state index in [1.807, 2.05) is 29.2 Å². The molecular weight excluding hydrogens is 216 g/mol. The zero-order valence-electron chi connectivity index (χ0n) is 9.63. The molecule has 1 aromatic carbocycles. The average molecular weight is 232 g/mol. The summed E-state index contributed by atoms with van der Waals surface area (Å²) in [6, 6.07) is 7.90. The van der Waals surface area contributed by atoms with Crippen molar-refractivity contribution in [1.82, 2.24) is 4.90 Å². The van der Waals surface area contributed by atoms with E-state index in [1.54, 1.807) is 0 Å². The zero-order chi connectivity index (χ0) is 11.8. The predicted octanol–water partition coefficient (Wildman–Crippen LogP) is 0.722. The van der Waals surface area contributed by atoms with Crippen molar-refractivity contribution in [2.75, 3.05) is 19.7 Å². The van der Waals surface area contributed by atoms with E-state index in [-0.39, 0.29) is 17.9 Å². The van der Waals surface area contributed by atoms with Gasteiger partial charge in [-0.2, -0.15) is 0 Å². The topological polar surface area (TPSA) is 55.6 Å². The lowest BCUT2D eigenvalue weighted by Crippen LogP contribution is -2.35. The van der Waals surface area contributed by atoms with Crippen molar-refractivity contribution in [3.05, 3.63) is 29.8 Å². The minimum atomic E-state index is -0.142. The van der Waals surface area contributed by atoms with Crippen LogP contribution in [0.1, 0.15) is 17.9 Å². The Labute approximate surface area is 100 Å². The molecular formula is C13H16N2O2. The summed E-state index contributed by atoms with van der Waals surface area (Å²) in [5.41, 5.74) is 6.84. The molecule has 2 atom stereocenters. The van der Waals surface area contributed by atoms with Crippen molar-refractivity contribution in [3.63, 3.8) is 0 Å². The first-order chi connectivity index (χ1) is 8.25. The van der Waals surface area contributed by atoms with Crippen LogP contribution in [-0.4, -0.2) is 36.5 Å². The highest BCUT2D eigenvalue weighted by molar-refractivity contribution is 5.85. The van der Waals surface area contributed by atoms with Crippen LogP contribution < -0.4 is 10.5 Å². The molecule has 0 aliphatic carbocycles. The van der Waals surface area contributed by atoms with Crippen LogP contribution in [0.15, 0.2) is 24.3 Å². The largest absolute Gasteiger partial charge is 0.492 e. The van der Waals surface area contributed by atoms with E-state index in [0.29, 0.717) is 13.2 Å². The molecule has 3 rings (SSSR count). The van der Waals surface area contributed by atoms with Crippen molar-refractivity contribution >= 4 is 5.91 Å². The van der Waals surface area contributed by atoms with E-state index in [1.165, 1.54) is 0 Å². The number of amides is 1. The van der Waals surface area contributed by atoms with Gasteiger partial charge in [0.25, 0.3) is 0 Å². The Morgan fingerprint density at radius 3 is 3.00 bits per heavy atom. The number of rotatable bonds is 1. The van der Waals surface area contributed by atoms with Crippen LogP contribution >= 0.6 is 0 Å². The summed E-state index contributed by atoms with van der Waals surface area (Å²) in [5, 5.41) is 0. The highest BCUT2D eigenvalue weighted by atomic mass is 16.5. The molecule has 90 valence electrons. The van der Waals surface area contributed by atoms with Crippen LogP contribution in [0, 0.1) is 0 Å². The third-order valence-corrected chi connectivity index (χ3v) is 3.53. The molecule has 0 aromatic heterocycles. The summed E-state index contributed by atoms with van der Waals surface area (Å²) in [5.74, 6) is 0.855. The molecule has 1 saturated heterocycles. The lowest BCUT2D eigenvalue weighted by Gasteiger charge is -2.19. The van der Waals surface area contributed by atoms with Gasteiger partial charge in [-0.15, -0.1) is 0 Å². The second-order valence-corrected chi connectivity index (χ2v) is 4.73. The second-order valence-electron chi connectivity index (χ2n) is 4.73. The number of likely N-dealkylation sites (tertiary alicyclic amines) is 1. The highest BCUT2D eigenvalue weighted by Gasteiger charge is 2.35. The van der Waals surface area contributed by atoms with E-state index < -0.39 is 0 Å². The Bertz CT molecular complexity index is 447. The summed E-state index contributed by atoms with van der Waals surface area (Å²) in [7, 11) is 0. The standard InChI is InChI=1S/C13H16N2O2/c14-9-5-6-15(7-9)13(16)11-8-17-12-4-2-1-3-10(11)12/h1-4,9,11H,5-8,14H2/t9-,11+/m1/s1. The lowest BCUT2D eigenvalue weighted by atomic mass is 10.00. The lowest BCUT2D eigenvalue weighted by molar-refractivity contribution is -0.132. The zero-order valence-corrected chi connectivity index (χ0v) is 9.63. The van der Waals surface area contributed by atoms with Gasteiger partial charge in [-0.1, -0.05) is 18.2 Å². The molecule has 0 radical (unpaired) electrons. The Morgan fingerprint density at radius 1 is 1.41 bits per heavy atom. The van der Waals surface area contributed by atoms with Gasteiger partial charge in [-0.3, -0.25) is 4.79 Å². The van der Waals surface area contributed by atoms with Gasteiger partial charge >= 0.3 is 0 Å². The van der Waals surface area contributed by atoms with Gasteiger partial charge < -0.3 is 15.4 Å². The van der Waals surface area contributed by atoms with Crippen molar-refractivity contribution < 1.29 is 9.53 Å². The monoisotopic (exact) mass is 232 g/mol. The van der Waals surface area contributed by atoms with E-state index in [4.69, 9.17) is 10.5 Å². The fraction of sp³-hybridized carbons (Fsp3) is 0.462. The van der Waals surface area contributed by atoms with Gasteiger partial charge in [-0.05, 0) is 12.5 Å². The van der Waals surface area contributed by atoms with Crippen molar-refractivity contribution in [3.8, 4) is 5.75 Å². The SMILES string of the molecule is N[C@@H]1CCN(C(=O)[C@H]2COc3ccccc32)C1. The molecule has 1 fully saturated rings. The van der Waals surface area contributed by atoms with Gasteiger partial charge in [-0.25, -0.2) is 0 Å². The third kappa shape index (κ3) is 1.78. The van der Waals surface area contributed by atoms with Gasteiger partial charge in [0.15, 0.2) is 0 Å². The number of fused-ring (bicyclic) bond motifs is 1. The predicted molar refractivity (Wildman–Crippen MR) is 63.9 cm³/mol. The first-order valence-corrected chi connectivity index (χ1v) is 6.02. The Kier molecular flexibility index (Phi) is 2.52. The molecule has 4 heteroatoms. The number of para-hydroxylation sites is 1. The number of nitrogens with zero attached hydrogens (tertiary/aromatic N) is 1. The van der Waals surface area contributed by atoms with Crippen LogP contribution in [0.2, 0.25) is 0 Å². The van der Waals surface area contributed by atoms with Crippen molar-refractivity contribution in [2.24, 2.45) is 5.73 Å². The van der Waals surface area contributed by atoms with Crippen LogP contribution in [-0.2, 0) is 4.79 Å². The molecule has 2 heterocycles. The van der Waals surface area contributed by atoms with Crippen LogP contribution in [0.25, 0.3) is 0 Å². The summed E-state index contributed by atoms with van der Waals surface area (Å²) in [6.07, 6.45) is 0.904. The van der Waals surface area contributed by atoms with E-state index in [9.17, 15) is 4.79 Å². The number of hydrogen-bond acceptors (Lipinski definition) is 3. The number of nitrogens with two attached hydrogens (primary N) is 1. The van der Waals surface area contributed by atoms with E-state index >= 15 is 0 Å². The molecule has 1 amide bonds. The van der Waals surface area contributed by atoms with Crippen molar-refractivity contribution in [1.29, 1.82) is 0 Å². The second kappa shape index (κ2) is 4.04. The maximum atomic E-state index is 12.3. The molecule has 2 aliphatic rings. The van der Waals surface area contributed by atoms with Crippen LogP contribution in [0.4, 0.5) is 0 Å². The van der Waals surface area contributed by atoms with Gasteiger partial charge in [0.1, 0.15) is 18.3 Å². The van der Waals surface area contributed by atoms with Gasteiger partial charge in [0.05, 0.1) is 0 Å². The number of ether oxygens (including phenoxy) is 1. The quantitative estimate of drug-likeness (QED) is 0.776. The molecule has 4 nitrogen and oxygen atoms in total. The Hall–Kier alpha value is -1.55. The maximum Gasteiger partial charge on any atom is 0.233 e. The molecule has 2 aliphatic heterocycles. The molecule has 1 aromatic rings. The third-order valence-electron chi connectivity index (χ3n) is 3.53. The molecule has 0 spiro atoms.